The van der Waals surface area contributed by atoms with Crippen molar-refractivity contribution in [2.45, 2.75) is 37.3 Å². The zero-order chi connectivity index (χ0) is 17.6. The number of fused-ring (bicyclic) bond motifs is 1. The second-order valence-corrected chi connectivity index (χ2v) is 8.46. The molecule has 0 saturated carbocycles. The molecule has 1 amide bonds. The van der Waals surface area contributed by atoms with Crippen molar-refractivity contribution in [2.24, 2.45) is 0 Å². The molecule has 1 atom stereocenters. The first kappa shape index (κ1) is 16.4. The summed E-state index contributed by atoms with van der Waals surface area (Å²) < 4.78 is 32.0. The van der Waals surface area contributed by atoms with Crippen LogP contribution in [0.2, 0.25) is 0 Å². The normalized spacial score (nSPS) is 20.8. The third-order valence-electron chi connectivity index (χ3n) is 4.88. The van der Waals surface area contributed by atoms with Crippen LogP contribution in [0.5, 0.6) is 0 Å². The largest absolute Gasteiger partial charge is 0.438 e. The number of furan rings is 1. The molecule has 6 nitrogen and oxygen atoms in total. The van der Waals surface area contributed by atoms with Crippen LogP contribution >= 0.6 is 0 Å². The predicted molar refractivity (Wildman–Crippen MR) is 93.1 cm³/mol. The molecule has 0 unspecified atom stereocenters. The highest BCUT2D eigenvalue weighted by Gasteiger charge is 2.35. The fraction of sp³-hybridized carbons (Fsp3) is 0.389. The van der Waals surface area contributed by atoms with Gasteiger partial charge in [-0.25, -0.2) is 8.42 Å². The zero-order valence-electron chi connectivity index (χ0n) is 14.0. The number of nitrogens with zero attached hydrogens (tertiary/aromatic N) is 2. The lowest BCUT2D eigenvalue weighted by Gasteiger charge is -2.21. The number of carbonyl (C=O) groups excluding carboxylic acids is 1. The summed E-state index contributed by atoms with van der Waals surface area (Å²) in [6, 6.07) is 10.6. The van der Waals surface area contributed by atoms with Crippen molar-refractivity contribution in [1.29, 1.82) is 0 Å². The molecule has 2 aliphatic heterocycles. The maximum atomic E-state index is 12.9. The van der Waals surface area contributed by atoms with Crippen LogP contribution in [0.15, 0.2) is 45.9 Å². The summed E-state index contributed by atoms with van der Waals surface area (Å²) in [4.78, 5) is 14.6. The van der Waals surface area contributed by atoms with Crippen LogP contribution in [0.25, 0.3) is 0 Å². The van der Waals surface area contributed by atoms with E-state index < -0.39 is 10.0 Å². The van der Waals surface area contributed by atoms with Gasteiger partial charge in [0.2, 0.25) is 5.09 Å². The van der Waals surface area contributed by atoms with Gasteiger partial charge in [-0.1, -0.05) is 18.2 Å². The number of rotatable bonds is 3. The van der Waals surface area contributed by atoms with Crippen molar-refractivity contribution in [2.75, 3.05) is 18.0 Å². The number of anilines is 1. The maximum absolute atomic E-state index is 12.9. The molecule has 1 saturated heterocycles. The lowest BCUT2D eigenvalue weighted by molar-refractivity contribution is 0.0949. The second-order valence-electron chi connectivity index (χ2n) is 6.59. The van der Waals surface area contributed by atoms with Gasteiger partial charge in [0, 0.05) is 24.8 Å². The van der Waals surface area contributed by atoms with Gasteiger partial charge in [0.25, 0.3) is 15.9 Å². The topological polar surface area (TPSA) is 70.8 Å². The van der Waals surface area contributed by atoms with E-state index in [1.165, 1.54) is 16.4 Å². The fourth-order valence-corrected chi connectivity index (χ4v) is 5.05. The quantitative estimate of drug-likeness (QED) is 0.844. The van der Waals surface area contributed by atoms with Crippen LogP contribution in [0, 0.1) is 0 Å². The Hall–Kier alpha value is -2.12. The predicted octanol–water partition coefficient (Wildman–Crippen LogP) is 2.66. The minimum Gasteiger partial charge on any atom is -0.438 e. The molecule has 4 rings (SSSR count). The van der Waals surface area contributed by atoms with E-state index in [9.17, 15) is 13.2 Å². The average molecular weight is 360 g/mol. The van der Waals surface area contributed by atoms with Crippen molar-refractivity contribution >= 4 is 21.6 Å². The second kappa shape index (κ2) is 6.00. The van der Waals surface area contributed by atoms with Crippen LogP contribution in [-0.2, 0) is 16.4 Å². The SMILES string of the molecule is C[C@H]1Cc2ccccc2N1C(=O)c1ccc(S(=O)(=O)N2CCCC2)o1. The monoisotopic (exact) mass is 360 g/mol. The van der Waals surface area contributed by atoms with Crippen molar-refractivity contribution in [3.8, 4) is 0 Å². The van der Waals surface area contributed by atoms with Crippen LogP contribution in [0.3, 0.4) is 0 Å². The summed E-state index contributed by atoms with van der Waals surface area (Å²) in [5.41, 5.74) is 1.97. The Morgan fingerprint density at radius 1 is 1.12 bits per heavy atom. The molecule has 3 heterocycles. The Bertz CT molecular complexity index is 913. The molecule has 2 aromatic rings. The summed E-state index contributed by atoms with van der Waals surface area (Å²) in [6.07, 6.45) is 2.49. The molecule has 0 spiro atoms. The van der Waals surface area contributed by atoms with Crippen LogP contribution in [0.4, 0.5) is 5.69 Å². The summed E-state index contributed by atoms with van der Waals surface area (Å²) in [6.45, 7) is 2.98. The van der Waals surface area contributed by atoms with Crippen LogP contribution in [0.1, 0.15) is 35.9 Å². The molecule has 132 valence electrons. The molecule has 25 heavy (non-hydrogen) atoms. The lowest BCUT2D eigenvalue weighted by atomic mass is 10.1. The Labute approximate surface area is 147 Å². The van der Waals surface area contributed by atoms with Gasteiger partial charge in [0.15, 0.2) is 5.76 Å². The lowest BCUT2D eigenvalue weighted by Crippen LogP contribution is -2.35. The highest BCUT2D eigenvalue weighted by molar-refractivity contribution is 7.89. The number of para-hydroxylation sites is 1. The minimum absolute atomic E-state index is 0.00800. The number of carbonyl (C=O) groups is 1. The number of hydrogen-bond donors (Lipinski definition) is 0. The third kappa shape index (κ3) is 2.67. The standard InChI is InChI=1S/C18H20N2O4S/c1-13-12-14-6-2-3-7-15(14)20(13)18(21)16-8-9-17(24-16)25(22,23)19-10-4-5-11-19/h2-3,6-9,13H,4-5,10-12H2,1H3/t13-/m0/s1. The molecule has 0 bridgehead atoms. The highest BCUT2D eigenvalue weighted by Crippen LogP contribution is 2.33. The molecule has 7 heteroatoms. The molecular formula is C18H20N2O4S. The highest BCUT2D eigenvalue weighted by atomic mass is 32.2. The van der Waals surface area contributed by atoms with Crippen molar-refractivity contribution in [3.05, 3.63) is 47.7 Å². The van der Waals surface area contributed by atoms with E-state index in [0.717, 1.165) is 30.5 Å². The Kier molecular flexibility index (Phi) is 3.92. The first-order valence-corrected chi connectivity index (χ1v) is 9.94. The fourth-order valence-electron chi connectivity index (χ4n) is 3.62. The number of amides is 1. The third-order valence-corrected chi connectivity index (χ3v) is 6.65. The van der Waals surface area contributed by atoms with Crippen LogP contribution in [-0.4, -0.2) is 37.8 Å². The van der Waals surface area contributed by atoms with E-state index in [0.29, 0.717) is 13.1 Å². The number of benzene rings is 1. The number of hydrogen-bond acceptors (Lipinski definition) is 4. The van der Waals surface area contributed by atoms with Gasteiger partial charge in [-0.3, -0.25) is 4.79 Å². The van der Waals surface area contributed by atoms with E-state index in [-0.39, 0.29) is 22.8 Å². The molecule has 0 N–H and O–H groups in total. The van der Waals surface area contributed by atoms with Gasteiger partial charge in [0.05, 0.1) is 0 Å². The Morgan fingerprint density at radius 2 is 1.84 bits per heavy atom. The zero-order valence-corrected chi connectivity index (χ0v) is 14.8. The average Bonchev–Trinajstić information content (AvgIpc) is 3.33. The molecule has 2 aliphatic rings. The summed E-state index contributed by atoms with van der Waals surface area (Å²) >= 11 is 0. The maximum Gasteiger partial charge on any atom is 0.294 e. The van der Waals surface area contributed by atoms with E-state index in [1.807, 2.05) is 31.2 Å². The van der Waals surface area contributed by atoms with Gasteiger partial charge in [0.1, 0.15) is 0 Å². The van der Waals surface area contributed by atoms with E-state index in [1.54, 1.807) is 4.90 Å². The summed E-state index contributed by atoms with van der Waals surface area (Å²) in [5, 5.41) is -0.155. The Morgan fingerprint density at radius 3 is 2.60 bits per heavy atom. The summed E-state index contributed by atoms with van der Waals surface area (Å²) in [5.74, 6) is -0.248. The molecule has 1 fully saturated rings. The number of sulfonamides is 1. The van der Waals surface area contributed by atoms with Gasteiger partial charge in [-0.05, 0) is 49.9 Å². The molecule has 0 radical (unpaired) electrons. The minimum atomic E-state index is -3.65. The van der Waals surface area contributed by atoms with Gasteiger partial charge < -0.3 is 9.32 Å². The van der Waals surface area contributed by atoms with Crippen molar-refractivity contribution in [3.63, 3.8) is 0 Å². The first-order valence-electron chi connectivity index (χ1n) is 8.50. The molecule has 1 aromatic carbocycles. The van der Waals surface area contributed by atoms with Crippen molar-refractivity contribution in [1.82, 2.24) is 4.31 Å². The molecule has 1 aromatic heterocycles. The van der Waals surface area contributed by atoms with Gasteiger partial charge >= 0.3 is 0 Å². The first-order chi connectivity index (χ1) is 12.0. The smallest absolute Gasteiger partial charge is 0.294 e. The summed E-state index contributed by atoms with van der Waals surface area (Å²) in [7, 11) is -3.65. The van der Waals surface area contributed by atoms with Crippen LogP contribution < -0.4 is 4.90 Å². The van der Waals surface area contributed by atoms with Crippen molar-refractivity contribution < 1.29 is 17.6 Å². The van der Waals surface area contributed by atoms with Gasteiger partial charge in [-0.2, -0.15) is 4.31 Å². The Balaban J connectivity index is 1.63. The van der Waals surface area contributed by atoms with E-state index >= 15 is 0 Å². The van der Waals surface area contributed by atoms with Gasteiger partial charge in [-0.15, -0.1) is 0 Å². The van der Waals surface area contributed by atoms with E-state index in [4.69, 9.17) is 4.42 Å². The van der Waals surface area contributed by atoms with E-state index in [2.05, 4.69) is 0 Å². The molecular weight excluding hydrogens is 340 g/mol. The molecule has 0 aliphatic carbocycles.